The van der Waals surface area contributed by atoms with Gasteiger partial charge in [0.1, 0.15) is 0 Å². The monoisotopic (exact) mass is 427 g/mol. The minimum Gasteiger partial charge on any atom is -0.296 e. The number of aryl methyl sites for hydroxylation is 1. The molecule has 0 aliphatic carbocycles. The number of carbonyl (C=O) groups is 1. The molecule has 0 saturated heterocycles. The summed E-state index contributed by atoms with van der Waals surface area (Å²) in [6, 6.07) is 13.6. The van der Waals surface area contributed by atoms with E-state index in [1.54, 1.807) is 4.68 Å². The molecular weight excluding hydrogens is 414 g/mol. The summed E-state index contributed by atoms with van der Waals surface area (Å²) in [6.07, 6.45) is 0. The maximum atomic E-state index is 12.6. The number of hydrogen-bond donors (Lipinski definition) is 1. The number of nitrogens with one attached hydrogen (secondary N) is 1. The normalized spacial score (nSPS) is 11.0. The molecule has 0 atom stereocenters. The summed E-state index contributed by atoms with van der Waals surface area (Å²) in [6.45, 7) is 3.82. The number of anilines is 1. The van der Waals surface area contributed by atoms with Gasteiger partial charge in [0.25, 0.3) is 5.91 Å². The van der Waals surface area contributed by atoms with Crippen LogP contribution in [0.15, 0.2) is 46.9 Å². The maximum Gasteiger partial charge on any atom is 0.279 e. The van der Waals surface area contributed by atoms with Gasteiger partial charge in [-0.25, -0.2) is 9.67 Å². The predicted octanol–water partition coefficient (Wildman–Crippen LogP) is 4.51. The first kappa shape index (κ1) is 16.9. The van der Waals surface area contributed by atoms with E-state index in [9.17, 15) is 4.79 Å². The second-order valence-electron chi connectivity index (χ2n) is 5.81. The topological polar surface area (TPSA) is 72.7 Å². The third-order valence-corrected chi connectivity index (χ3v) is 5.43. The predicted molar refractivity (Wildman–Crippen MR) is 106 cm³/mol. The Morgan fingerprint density at radius 1 is 1.19 bits per heavy atom. The van der Waals surface area contributed by atoms with Gasteiger partial charge >= 0.3 is 0 Å². The number of carbonyl (C=O) groups excluding carboxylic acids is 1. The summed E-state index contributed by atoms with van der Waals surface area (Å²) >= 11 is 4.88. The summed E-state index contributed by atoms with van der Waals surface area (Å²) < 4.78 is 3.61. The van der Waals surface area contributed by atoms with Crippen molar-refractivity contribution in [3.05, 3.63) is 63.9 Å². The molecular formula is C18H14BrN5OS. The van der Waals surface area contributed by atoms with Gasteiger partial charge in [-0.3, -0.25) is 10.1 Å². The van der Waals surface area contributed by atoms with Crippen LogP contribution in [0.25, 0.3) is 15.9 Å². The molecule has 0 aliphatic rings. The highest BCUT2D eigenvalue weighted by Crippen LogP contribution is 2.28. The van der Waals surface area contributed by atoms with E-state index < -0.39 is 0 Å². The average Bonchev–Trinajstić information content (AvgIpc) is 3.19. The molecule has 0 spiro atoms. The van der Waals surface area contributed by atoms with Crippen LogP contribution in [0.5, 0.6) is 0 Å². The molecule has 26 heavy (non-hydrogen) atoms. The van der Waals surface area contributed by atoms with Crippen LogP contribution in [-0.2, 0) is 0 Å². The quantitative estimate of drug-likeness (QED) is 0.521. The van der Waals surface area contributed by atoms with Crippen molar-refractivity contribution in [1.29, 1.82) is 0 Å². The fraction of sp³-hybridized carbons (Fsp3) is 0.111. The summed E-state index contributed by atoms with van der Waals surface area (Å²) in [7, 11) is 0. The fourth-order valence-electron chi connectivity index (χ4n) is 2.69. The lowest BCUT2D eigenvalue weighted by molar-refractivity contribution is 0.102. The van der Waals surface area contributed by atoms with E-state index in [0.29, 0.717) is 10.8 Å². The highest BCUT2D eigenvalue weighted by molar-refractivity contribution is 9.10. The number of aromatic nitrogens is 4. The molecule has 0 unspecified atom stereocenters. The summed E-state index contributed by atoms with van der Waals surface area (Å²) in [5.41, 5.74) is 3.76. The first-order chi connectivity index (χ1) is 12.5. The number of nitrogens with zero attached hydrogens (tertiary/aromatic N) is 4. The minimum atomic E-state index is -0.319. The van der Waals surface area contributed by atoms with Crippen LogP contribution < -0.4 is 5.32 Å². The van der Waals surface area contributed by atoms with Crippen molar-refractivity contribution in [2.45, 2.75) is 13.8 Å². The smallest absolute Gasteiger partial charge is 0.279 e. The van der Waals surface area contributed by atoms with Crippen molar-refractivity contribution in [3.8, 4) is 5.69 Å². The molecule has 2 aromatic heterocycles. The van der Waals surface area contributed by atoms with Crippen molar-refractivity contribution < 1.29 is 4.79 Å². The Morgan fingerprint density at radius 3 is 2.77 bits per heavy atom. The van der Waals surface area contributed by atoms with Gasteiger partial charge in [0, 0.05) is 4.47 Å². The summed E-state index contributed by atoms with van der Waals surface area (Å²) in [5.74, 6) is -0.319. The summed E-state index contributed by atoms with van der Waals surface area (Å²) in [4.78, 5) is 17.1. The SMILES string of the molecule is Cc1cccc2sc(NC(=O)c3nnn(-c4cccc(Br)c4)c3C)nc12. The van der Waals surface area contributed by atoms with Crippen molar-refractivity contribution in [2.75, 3.05) is 5.32 Å². The zero-order valence-corrected chi connectivity index (χ0v) is 16.4. The van der Waals surface area contributed by atoms with Crippen LogP contribution in [0.2, 0.25) is 0 Å². The van der Waals surface area contributed by atoms with E-state index >= 15 is 0 Å². The Bertz CT molecular complexity index is 1130. The van der Waals surface area contributed by atoms with Crippen molar-refractivity contribution in [1.82, 2.24) is 20.0 Å². The van der Waals surface area contributed by atoms with Crippen LogP contribution in [0, 0.1) is 13.8 Å². The van der Waals surface area contributed by atoms with Gasteiger partial charge in [-0.1, -0.05) is 50.7 Å². The molecule has 1 N–H and O–H groups in total. The van der Waals surface area contributed by atoms with Crippen molar-refractivity contribution >= 4 is 48.5 Å². The first-order valence-corrected chi connectivity index (χ1v) is 9.49. The van der Waals surface area contributed by atoms with Crippen molar-refractivity contribution in [2.24, 2.45) is 0 Å². The van der Waals surface area contributed by atoms with E-state index in [0.717, 1.165) is 25.9 Å². The molecule has 0 saturated carbocycles. The number of thiazole rings is 1. The molecule has 1 amide bonds. The van der Waals surface area contributed by atoms with E-state index in [2.05, 4.69) is 36.5 Å². The molecule has 0 aliphatic heterocycles. The highest BCUT2D eigenvalue weighted by Gasteiger charge is 2.19. The van der Waals surface area contributed by atoms with Gasteiger partial charge in [-0.2, -0.15) is 0 Å². The molecule has 4 rings (SSSR count). The van der Waals surface area contributed by atoms with Crippen LogP contribution >= 0.6 is 27.3 Å². The van der Waals surface area contributed by atoms with Crippen LogP contribution in [-0.4, -0.2) is 25.9 Å². The van der Waals surface area contributed by atoms with E-state index in [4.69, 9.17) is 0 Å². The van der Waals surface area contributed by atoms with Gasteiger partial charge in [-0.15, -0.1) is 5.10 Å². The number of halogens is 1. The van der Waals surface area contributed by atoms with E-state index in [1.165, 1.54) is 11.3 Å². The molecule has 0 radical (unpaired) electrons. The maximum absolute atomic E-state index is 12.6. The third-order valence-electron chi connectivity index (χ3n) is 4.00. The van der Waals surface area contributed by atoms with Gasteiger partial charge in [0.2, 0.25) is 0 Å². The largest absolute Gasteiger partial charge is 0.296 e. The van der Waals surface area contributed by atoms with Crippen LogP contribution in [0.1, 0.15) is 21.7 Å². The summed E-state index contributed by atoms with van der Waals surface area (Å²) in [5, 5.41) is 11.6. The molecule has 0 fully saturated rings. The molecule has 130 valence electrons. The molecule has 6 nitrogen and oxygen atoms in total. The molecule has 8 heteroatoms. The zero-order chi connectivity index (χ0) is 18.3. The average molecular weight is 428 g/mol. The van der Waals surface area contributed by atoms with Gasteiger partial charge in [0.05, 0.1) is 21.6 Å². The Morgan fingerprint density at radius 2 is 2.00 bits per heavy atom. The fourth-order valence-corrected chi connectivity index (χ4v) is 4.01. The molecule has 2 aromatic carbocycles. The molecule has 2 heterocycles. The lowest BCUT2D eigenvalue weighted by atomic mass is 10.2. The number of fused-ring (bicyclic) bond motifs is 1. The van der Waals surface area contributed by atoms with E-state index in [1.807, 2.05) is 56.3 Å². The van der Waals surface area contributed by atoms with Crippen molar-refractivity contribution in [3.63, 3.8) is 0 Å². The van der Waals surface area contributed by atoms with Gasteiger partial charge < -0.3 is 0 Å². The lowest BCUT2D eigenvalue weighted by Gasteiger charge is -2.04. The van der Waals surface area contributed by atoms with Crippen LogP contribution in [0.3, 0.4) is 0 Å². The van der Waals surface area contributed by atoms with Gasteiger partial charge in [0.15, 0.2) is 10.8 Å². The number of rotatable bonds is 3. The Balaban J connectivity index is 1.63. The number of para-hydroxylation sites is 1. The minimum absolute atomic E-state index is 0.279. The Labute approximate surface area is 162 Å². The second kappa shape index (κ2) is 6.62. The number of amides is 1. The molecule has 0 bridgehead atoms. The van der Waals surface area contributed by atoms with E-state index in [-0.39, 0.29) is 11.6 Å². The lowest BCUT2D eigenvalue weighted by Crippen LogP contribution is -2.14. The Kier molecular flexibility index (Phi) is 4.29. The number of hydrogen-bond acceptors (Lipinski definition) is 5. The highest BCUT2D eigenvalue weighted by atomic mass is 79.9. The number of benzene rings is 2. The zero-order valence-electron chi connectivity index (χ0n) is 14.0. The standard InChI is InChI=1S/C18H14BrN5OS/c1-10-5-3-8-14-15(10)20-18(26-14)21-17(25)16-11(2)24(23-22-16)13-7-4-6-12(19)9-13/h3-9H,1-2H3,(H,20,21,25). The third kappa shape index (κ3) is 3.02. The van der Waals surface area contributed by atoms with Crippen LogP contribution in [0.4, 0.5) is 5.13 Å². The molecule has 4 aromatic rings. The Hall–Kier alpha value is -2.58. The first-order valence-electron chi connectivity index (χ1n) is 7.88. The van der Waals surface area contributed by atoms with Gasteiger partial charge in [-0.05, 0) is 43.7 Å². The second-order valence-corrected chi connectivity index (χ2v) is 7.76.